The van der Waals surface area contributed by atoms with Gasteiger partial charge in [0, 0.05) is 5.41 Å². The molecule has 1 unspecified atom stereocenters. The zero-order chi connectivity index (χ0) is 14.0. The standard InChI is InChI=1S/C17H26O2/c1-3-9-16(18)13-14-17(19,10-4-2)15(16)11-7-5-6-8-12-15/h3-5,7,18-19H,1-2,6,8-14H2/t15?,16-,17+. The van der Waals surface area contributed by atoms with Gasteiger partial charge in [0.05, 0.1) is 11.2 Å². The predicted molar refractivity (Wildman–Crippen MR) is 78.8 cm³/mol. The molecule has 106 valence electrons. The monoisotopic (exact) mass is 262 g/mol. The first-order valence-electron chi connectivity index (χ1n) is 7.35. The lowest BCUT2D eigenvalue weighted by Gasteiger charge is -2.49. The molecule has 1 spiro atoms. The highest BCUT2D eigenvalue weighted by Crippen LogP contribution is 2.61. The molecule has 0 saturated heterocycles. The van der Waals surface area contributed by atoms with Gasteiger partial charge in [-0.25, -0.2) is 0 Å². The van der Waals surface area contributed by atoms with Gasteiger partial charge in [-0.15, -0.1) is 13.2 Å². The van der Waals surface area contributed by atoms with Crippen molar-refractivity contribution in [2.45, 2.75) is 62.6 Å². The van der Waals surface area contributed by atoms with E-state index in [9.17, 15) is 10.2 Å². The highest BCUT2D eigenvalue weighted by atomic mass is 16.3. The highest BCUT2D eigenvalue weighted by molar-refractivity contribution is 5.21. The van der Waals surface area contributed by atoms with Gasteiger partial charge in [0.1, 0.15) is 0 Å². The van der Waals surface area contributed by atoms with E-state index in [2.05, 4.69) is 25.3 Å². The predicted octanol–water partition coefficient (Wildman–Crippen LogP) is 3.51. The summed E-state index contributed by atoms with van der Waals surface area (Å²) in [6.45, 7) is 7.57. The number of hydrogen-bond acceptors (Lipinski definition) is 2. The van der Waals surface area contributed by atoms with Gasteiger partial charge >= 0.3 is 0 Å². The summed E-state index contributed by atoms with van der Waals surface area (Å²) < 4.78 is 0. The lowest BCUT2D eigenvalue weighted by atomic mass is 9.60. The summed E-state index contributed by atoms with van der Waals surface area (Å²) in [7, 11) is 0. The summed E-state index contributed by atoms with van der Waals surface area (Å²) in [5.41, 5.74) is -2.11. The van der Waals surface area contributed by atoms with Crippen molar-refractivity contribution in [1.29, 1.82) is 0 Å². The highest BCUT2D eigenvalue weighted by Gasteiger charge is 2.64. The number of rotatable bonds is 4. The van der Waals surface area contributed by atoms with Crippen molar-refractivity contribution in [1.82, 2.24) is 0 Å². The third-order valence-corrected chi connectivity index (χ3v) is 5.31. The minimum absolute atomic E-state index is 0.449. The molecule has 2 heteroatoms. The lowest BCUT2D eigenvalue weighted by molar-refractivity contribution is -0.152. The van der Waals surface area contributed by atoms with E-state index < -0.39 is 16.6 Å². The fourth-order valence-electron chi connectivity index (χ4n) is 4.27. The van der Waals surface area contributed by atoms with Gasteiger partial charge in [-0.1, -0.05) is 24.3 Å². The number of hydrogen-bond donors (Lipinski definition) is 2. The van der Waals surface area contributed by atoms with E-state index in [1.54, 1.807) is 12.2 Å². The molecule has 1 fully saturated rings. The molecule has 2 nitrogen and oxygen atoms in total. The van der Waals surface area contributed by atoms with E-state index in [4.69, 9.17) is 0 Å². The smallest absolute Gasteiger partial charge is 0.0769 e. The molecule has 0 heterocycles. The van der Waals surface area contributed by atoms with E-state index in [-0.39, 0.29) is 0 Å². The van der Waals surface area contributed by atoms with Crippen molar-refractivity contribution in [3.8, 4) is 0 Å². The Balaban J connectivity index is 2.45. The maximum atomic E-state index is 11.2. The first kappa shape index (κ1) is 14.5. The summed E-state index contributed by atoms with van der Waals surface area (Å²) in [6.07, 6.45) is 14.0. The van der Waals surface area contributed by atoms with Crippen LogP contribution in [-0.4, -0.2) is 21.4 Å². The van der Waals surface area contributed by atoms with Crippen molar-refractivity contribution < 1.29 is 10.2 Å². The SMILES string of the molecule is C=CC[C@@]1(O)CC[C@@](O)(CC=C)C12CC=CCCC2. The third-order valence-electron chi connectivity index (χ3n) is 5.31. The van der Waals surface area contributed by atoms with Crippen LogP contribution in [0.15, 0.2) is 37.5 Å². The molecule has 2 aliphatic rings. The summed E-state index contributed by atoms with van der Waals surface area (Å²) in [6, 6.07) is 0. The molecule has 1 saturated carbocycles. The molecule has 2 aliphatic carbocycles. The zero-order valence-electron chi connectivity index (χ0n) is 11.8. The summed E-state index contributed by atoms with van der Waals surface area (Å²) in [5.74, 6) is 0. The Morgan fingerprint density at radius 3 is 2.05 bits per heavy atom. The van der Waals surface area contributed by atoms with Crippen LogP contribution in [0.1, 0.15) is 51.4 Å². The van der Waals surface area contributed by atoms with Crippen molar-refractivity contribution in [2.24, 2.45) is 5.41 Å². The molecule has 2 N–H and O–H groups in total. The quantitative estimate of drug-likeness (QED) is 0.761. The van der Waals surface area contributed by atoms with E-state index in [1.165, 1.54) is 0 Å². The van der Waals surface area contributed by atoms with Gasteiger partial charge in [-0.2, -0.15) is 0 Å². The second kappa shape index (κ2) is 5.26. The van der Waals surface area contributed by atoms with E-state index >= 15 is 0 Å². The van der Waals surface area contributed by atoms with Gasteiger partial charge in [-0.3, -0.25) is 0 Å². The van der Waals surface area contributed by atoms with Gasteiger partial charge in [-0.05, 0) is 51.4 Å². The topological polar surface area (TPSA) is 40.5 Å². The molecular formula is C17H26O2. The van der Waals surface area contributed by atoms with Gasteiger partial charge in [0.25, 0.3) is 0 Å². The largest absolute Gasteiger partial charge is 0.389 e. The molecule has 19 heavy (non-hydrogen) atoms. The Kier molecular flexibility index (Phi) is 4.03. The first-order chi connectivity index (χ1) is 9.04. The molecule has 0 aromatic rings. The van der Waals surface area contributed by atoms with Crippen LogP contribution in [0.4, 0.5) is 0 Å². The van der Waals surface area contributed by atoms with Crippen LogP contribution in [0, 0.1) is 5.41 Å². The van der Waals surface area contributed by atoms with Gasteiger partial charge < -0.3 is 10.2 Å². The van der Waals surface area contributed by atoms with Crippen LogP contribution in [0.2, 0.25) is 0 Å². The maximum Gasteiger partial charge on any atom is 0.0769 e. The summed E-state index contributed by atoms with van der Waals surface area (Å²) in [4.78, 5) is 0. The Bertz CT molecular complexity index is 361. The van der Waals surface area contributed by atoms with Gasteiger partial charge in [0.2, 0.25) is 0 Å². The second-order valence-corrected chi connectivity index (χ2v) is 6.20. The number of allylic oxidation sites excluding steroid dienone is 2. The van der Waals surface area contributed by atoms with Crippen molar-refractivity contribution in [3.63, 3.8) is 0 Å². The fraction of sp³-hybridized carbons (Fsp3) is 0.647. The van der Waals surface area contributed by atoms with Crippen LogP contribution < -0.4 is 0 Å². The van der Waals surface area contributed by atoms with Crippen molar-refractivity contribution in [2.75, 3.05) is 0 Å². The Morgan fingerprint density at radius 2 is 1.53 bits per heavy atom. The molecule has 0 aromatic carbocycles. The normalized spacial score (nSPS) is 42.2. The number of aliphatic hydroxyl groups is 2. The minimum atomic E-state index is -0.832. The molecular weight excluding hydrogens is 236 g/mol. The zero-order valence-corrected chi connectivity index (χ0v) is 11.8. The molecule has 0 amide bonds. The average Bonchev–Trinajstić information content (AvgIpc) is 2.57. The fourth-order valence-corrected chi connectivity index (χ4v) is 4.27. The maximum absolute atomic E-state index is 11.2. The lowest BCUT2D eigenvalue weighted by Crippen LogP contribution is -2.55. The summed E-state index contributed by atoms with van der Waals surface area (Å²) >= 11 is 0. The Morgan fingerprint density at radius 1 is 0.947 bits per heavy atom. The minimum Gasteiger partial charge on any atom is -0.389 e. The van der Waals surface area contributed by atoms with E-state index in [0.717, 1.165) is 25.7 Å². The van der Waals surface area contributed by atoms with E-state index in [0.29, 0.717) is 25.7 Å². The van der Waals surface area contributed by atoms with Crippen LogP contribution >= 0.6 is 0 Å². The van der Waals surface area contributed by atoms with Crippen molar-refractivity contribution >= 4 is 0 Å². The molecule has 2 rings (SSSR count). The Labute approximate surface area is 116 Å². The molecule has 0 bridgehead atoms. The second-order valence-electron chi connectivity index (χ2n) is 6.20. The summed E-state index contributed by atoms with van der Waals surface area (Å²) in [5, 5.41) is 22.3. The average molecular weight is 262 g/mol. The van der Waals surface area contributed by atoms with Crippen LogP contribution in [0.5, 0.6) is 0 Å². The van der Waals surface area contributed by atoms with Crippen LogP contribution in [0.25, 0.3) is 0 Å². The Hall–Kier alpha value is -0.860. The van der Waals surface area contributed by atoms with Crippen LogP contribution in [0.3, 0.4) is 0 Å². The van der Waals surface area contributed by atoms with Crippen molar-refractivity contribution in [3.05, 3.63) is 37.5 Å². The molecule has 0 aliphatic heterocycles. The first-order valence-corrected chi connectivity index (χ1v) is 7.35. The molecule has 0 radical (unpaired) electrons. The molecule has 0 aromatic heterocycles. The van der Waals surface area contributed by atoms with E-state index in [1.807, 2.05) is 0 Å². The molecule has 3 atom stereocenters. The van der Waals surface area contributed by atoms with Gasteiger partial charge in [0.15, 0.2) is 0 Å². The third kappa shape index (κ3) is 2.11. The van der Waals surface area contributed by atoms with Crippen LogP contribution in [-0.2, 0) is 0 Å².